The van der Waals surface area contributed by atoms with Crippen molar-refractivity contribution in [1.82, 2.24) is 0 Å². The minimum absolute atomic E-state index is 0.0284. The Hall–Kier alpha value is 0.310. The van der Waals surface area contributed by atoms with Crippen LogP contribution in [0.1, 0.15) is 27.7 Å². The van der Waals surface area contributed by atoms with Crippen molar-refractivity contribution in [2.45, 2.75) is 33.1 Å². The maximum Gasteiger partial charge on any atom is 0.104 e. The number of rotatable bonds is 2. The molecule has 0 amide bonds. The third-order valence-electron chi connectivity index (χ3n) is 1.07. The molecule has 0 spiro atoms. The zero-order valence-corrected chi connectivity index (χ0v) is 7.46. The minimum atomic E-state index is -0.220. The fourth-order valence-electron chi connectivity index (χ4n) is 0.408. The molecular weight excluding hydrogens is 132 g/mol. The summed E-state index contributed by atoms with van der Waals surface area (Å²) in [4.78, 5) is 0. The highest BCUT2D eigenvalue weighted by atomic mass is 32.2. The van der Waals surface area contributed by atoms with E-state index in [1.165, 1.54) is 0 Å². The predicted octanol–water partition coefficient (Wildman–Crippen LogP) is 2.10. The average Bonchev–Trinajstić information content (AvgIpc) is 1.64. The van der Waals surface area contributed by atoms with Gasteiger partial charge in [0, 0.05) is 0 Å². The fourth-order valence-corrected chi connectivity index (χ4v) is 1.22. The molecule has 0 heterocycles. The molecule has 0 rings (SSSR count). The molecule has 2 heteroatoms. The van der Waals surface area contributed by atoms with Crippen molar-refractivity contribution in [2.24, 2.45) is 5.41 Å². The van der Waals surface area contributed by atoms with E-state index in [4.69, 9.17) is 0 Å². The third-order valence-corrected chi connectivity index (χ3v) is 2.42. The van der Waals surface area contributed by atoms with Crippen molar-refractivity contribution in [2.75, 3.05) is 5.75 Å². The van der Waals surface area contributed by atoms with Gasteiger partial charge in [-0.15, -0.1) is 11.8 Å². The van der Waals surface area contributed by atoms with Crippen molar-refractivity contribution in [1.29, 1.82) is 0 Å². The van der Waals surface area contributed by atoms with Gasteiger partial charge in [-0.3, -0.25) is 0 Å². The van der Waals surface area contributed by atoms with E-state index >= 15 is 0 Å². The van der Waals surface area contributed by atoms with E-state index in [1.54, 1.807) is 11.8 Å². The van der Waals surface area contributed by atoms with E-state index in [9.17, 15) is 5.11 Å². The minimum Gasteiger partial charge on any atom is -0.382 e. The lowest BCUT2D eigenvalue weighted by molar-refractivity contribution is 0.142. The Kier molecular flexibility index (Phi) is 3.59. The summed E-state index contributed by atoms with van der Waals surface area (Å²) in [6.07, 6.45) is 0. The van der Waals surface area contributed by atoms with Crippen LogP contribution < -0.4 is 0 Å². The van der Waals surface area contributed by atoms with Gasteiger partial charge >= 0.3 is 0 Å². The van der Waals surface area contributed by atoms with Crippen LogP contribution in [0.25, 0.3) is 0 Å². The molecule has 0 bridgehead atoms. The van der Waals surface area contributed by atoms with E-state index in [0.29, 0.717) is 0 Å². The number of hydrogen-bond donors (Lipinski definition) is 1. The second kappa shape index (κ2) is 3.47. The van der Waals surface area contributed by atoms with E-state index < -0.39 is 0 Å². The van der Waals surface area contributed by atoms with Crippen molar-refractivity contribution < 1.29 is 5.11 Å². The Morgan fingerprint density at radius 2 is 1.89 bits per heavy atom. The van der Waals surface area contributed by atoms with Gasteiger partial charge in [-0.05, 0) is 11.2 Å². The molecule has 1 N–H and O–H groups in total. The summed E-state index contributed by atoms with van der Waals surface area (Å²) < 4.78 is 0. The first-order valence-corrected chi connectivity index (χ1v) is 4.33. The highest BCUT2D eigenvalue weighted by Crippen LogP contribution is 2.27. The summed E-state index contributed by atoms with van der Waals surface area (Å²) in [5.74, 6) is 0.985. The lowest BCUT2D eigenvalue weighted by atomic mass is 9.98. The highest BCUT2D eigenvalue weighted by molar-refractivity contribution is 7.99. The van der Waals surface area contributed by atoms with Gasteiger partial charge in [-0.1, -0.05) is 27.7 Å². The zero-order valence-electron chi connectivity index (χ0n) is 6.64. The summed E-state index contributed by atoms with van der Waals surface area (Å²) in [5.41, 5.74) is -0.191. The molecule has 0 aromatic heterocycles. The van der Waals surface area contributed by atoms with Crippen molar-refractivity contribution >= 4 is 11.8 Å². The van der Waals surface area contributed by atoms with Gasteiger partial charge in [-0.2, -0.15) is 0 Å². The largest absolute Gasteiger partial charge is 0.382 e. The molecule has 0 fully saturated rings. The van der Waals surface area contributed by atoms with Crippen LogP contribution in [-0.2, 0) is 0 Å². The van der Waals surface area contributed by atoms with Crippen LogP contribution in [0, 0.1) is 5.41 Å². The van der Waals surface area contributed by atoms with Crippen molar-refractivity contribution in [3.63, 3.8) is 0 Å². The molecular formula is C7H16OS. The summed E-state index contributed by atoms with van der Waals surface area (Å²) >= 11 is 1.59. The SMILES string of the molecule is CCSC(O)C(C)(C)C. The van der Waals surface area contributed by atoms with Crippen LogP contribution >= 0.6 is 11.8 Å². The highest BCUT2D eigenvalue weighted by Gasteiger charge is 2.20. The number of aliphatic hydroxyl groups is 1. The first-order chi connectivity index (χ1) is 3.98. The number of thioether (sulfide) groups is 1. The van der Waals surface area contributed by atoms with Crippen molar-refractivity contribution in [3.8, 4) is 0 Å². The molecule has 0 saturated carbocycles. The van der Waals surface area contributed by atoms with Gasteiger partial charge in [0.1, 0.15) is 5.44 Å². The van der Waals surface area contributed by atoms with Crippen LogP contribution in [0.15, 0.2) is 0 Å². The first kappa shape index (κ1) is 9.31. The van der Waals surface area contributed by atoms with E-state index in [0.717, 1.165) is 5.75 Å². The Morgan fingerprint density at radius 3 is 2.00 bits per heavy atom. The van der Waals surface area contributed by atoms with E-state index in [2.05, 4.69) is 6.92 Å². The van der Waals surface area contributed by atoms with Gasteiger partial charge in [0.2, 0.25) is 0 Å². The number of hydrogen-bond acceptors (Lipinski definition) is 2. The van der Waals surface area contributed by atoms with Gasteiger partial charge in [0.05, 0.1) is 0 Å². The predicted molar refractivity (Wildman–Crippen MR) is 43.6 cm³/mol. The van der Waals surface area contributed by atoms with Crippen LogP contribution in [0.3, 0.4) is 0 Å². The quantitative estimate of drug-likeness (QED) is 0.605. The summed E-state index contributed by atoms with van der Waals surface area (Å²) in [7, 11) is 0. The summed E-state index contributed by atoms with van der Waals surface area (Å²) in [5, 5.41) is 9.35. The third kappa shape index (κ3) is 3.82. The molecule has 0 aliphatic carbocycles. The number of aliphatic hydroxyl groups excluding tert-OH is 1. The molecule has 56 valence electrons. The summed E-state index contributed by atoms with van der Waals surface area (Å²) in [6, 6.07) is 0. The van der Waals surface area contributed by atoms with Crippen LogP contribution in [-0.4, -0.2) is 16.3 Å². The van der Waals surface area contributed by atoms with Crippen LogP contribution in [0.5, 0.6) is 0 Å². The second-order valence-electron chi connectivity index (χ2n) is 3.17. The molecule has 0 aliphatic heterocycles. The lowest BCUT2D eigenvalue weighted by Crippen LogP contribution is -2.22. The standard InChI is InChI=1S/C7H16OS/c1-5-9-6(8)7(2,3)4/h6,8H,5H2,1-4H3. The second-order valence-corrected chi connectivity index (χ2v) is 4.53. The topological polar surface area (TPSA) is 20.2 Å². The molecule has 9 heavy (non-hydrogen) atoms. The van der Waals surface area contributed by atoms with Gasteiger partial charge in [-0.25, -0.2) is 0 Å². The van der Waals surface area contributed by atoms with Crippen molar-refractivity contribution in [3.05, 3.63) is 0 Å². The molecule has 0 aliphatic rings. The molecule has 0 aromatic carbocycles. The smallest absolute Gasteiger partial charge is 0.104 e. The lowest BCUT2D eigenvalue weighted by Gasteiger charge is -2.24. The molecule has 0 saturated heterocycles. The van der Waals surface area contributed by atoms with Crippen LogP contribution in [0.2, 0.25) is 0 Å². The fraction of sp³-hybridized carbons (Fsp3) is 1.00. The maximum atomic E-state index is 9.35. The first-order valence-electron chi connectivity index (χ1n) is 3.28. The molecule has 0 aromatic rings. The molecule has 1 atom stereocenters. The molecule has 0 radical (unpaired) electrons. The monoisotopic (exact) mass is 148 g/mol. The zero-order chi connectivity index (χ0) is 7.49. The molecule has 1 nitrogen and oxygen atoms in total. The normalized spacial score (nSPS) is 15.7. The van der Waals surface area contributed by atoms with Crippen LogP contribution in [0.4, 0.5) is 0 Å². The maximum absolute atomic E-state index is 9.35. The average molecular weight is 148 g/mol. The summed E-state index contributed by atoms with van der Waals surface area (Å²) in [6.45, 7) is 8.18. The van der Waals surface area contributed by atoms with E-state index in [-0.39, 0.29) is 10.9 Å². The Bertz CT molecular complexity index is 75.5. The Morgan fingerprint density at radius 1 is 1.44 bits per heavy atom. The van der Waals surface area contributed by atoms with E-state index in [1.807, 2.05) is 20.8 Å². The Balaban J connectivity index is 3.59. The Labute approximate surface area is 61.8 Å². The van der Waals surface area contributed by atoms with Gasteiger partial charge in [0.15, 0.2) is 0 Å². The molecule has 1 unspecified atom stereocenters. The van der Waals surface area contributed by atoms with Gasteiger partial charge in [0.25, 0.3) is 0 Å². The van der Waals surface area contributed by atoms with Gasteiger partial charge < -0.3 is 5.11 Å².